The number of carbonyl (C=O) groups is 2. The second kappa shape index (κ2) is 6.75. The summed E-state index contributed by atoms with van der Waals surface area (Å²) in [6, 6.07) is -0.202. The molecule has 0 aromatic rings. The van der Waals surface area contributed by atoms with Crippen molar-refractivity contribution in [2.75, 3.05) is 26.7 Å². The van der Waals surface area contributed by atoms with Crippen LogP contribution in [0.5, 0.6) is 0 Å². The van der Waals surface area contributed by atoms with Gasteiger partial charge in [-0.15, -0.1) is 0 Å². The molecular weight excluding hydrogens is 248 g/mol. The molecule has 6 heteroatoms. The summed E-state index contributed by atoms with van der Waals surface area (Å²) in [4.78, 5) is 25.0. The lowest BCUT2D eigenvalue weighted by atomic mass is 9.82. The third-order valence-corrected chi connectivity index (χ3v) is 4.15. The van der Waals surface area contributed by atoms with Crippen LogP contribution in [0.2, 0.25) is 0 Å². The summed E-state index contributed by atoms with van der Waals surface area (Å²) in [7, 11) is 1.63. The van der Waals surface area contributed by atoms with Crippen LogP contribution in [0, 0.1) is 5.41 Å². The fraction of sp³-hybridized carbons (Fsp3) is 0.846. The van der Waals surface area contributed by atoms with Crippen LogP contribution in [-0.2, 0) is 9.53 Å². The summed E-state index contributed by atoms with van der Waals surface area (Å²) in [5, 5.41) is 12.0. The maximum atomic E-state index is 12.0. The molecule has 0 aromatic heterocycles. The molecule has 1 fully saturated rings. The number of hydrogen-bond donors (Lipinski definition) is 2. The van der Waals surface area contributed by atoms with Crippen molar-refractivity contribution in [1.82, 2.24) is 10.2 Å². The lowest BCUT2D eigenvalue weighted by Gasteiger charge is -2.28. The first-order valence-corrected chi connectivity index (χ1v) is 6.78. The third-order valence-electron chi connectivity index (χ3n) is 4.15. The summed E-state index contributed by atoms with van der Waals surface area (Å²) in [5.41, 5.74) is -0.865. The molecule has 1 unspecified atom stereocenters. The van der Waals surface area contributed by atoms with Gasteiger partial charge in [0, 0.05) is 26.7 Å². The van der Waals surface area contributed by atoms with Crippen LogP contribution >= 0.6 is 0 Å². The van der Waals surface area contributed by atoms with Crippen molar-refractivity contribution in [2.24, 2.45) is 5.41 Å². The van der Waals surface area contributed by atoms with Gasteiger partial charge in [0.25, 0.3) is 0 Å². The average Bonchev–Trinajstić information content (AvgIpc) is 2.88. The minimum absolute atomic E-state index is 0.0901. The van der Waals surface area contributed by atoms with Crippen molar-refractivity contribution < 1.29 is 19.4 Å². The Labute approximate surface area is 114 Å². The van der Waals surface area contributed by atoms with Crippen molar-refractivity contribution in [3.63, 3.8) is 0 Å². The molecule has 1 rings (SSSR count). The normalized spacial score (nSPS) is 19.5. The Balaban J connectivity index is 2.51. The maximum Gasteiger partial charge on any atom is 0.317 e. The van der Waals surface area contributed by atoms with Crippen LogP contribution < -0.4 is 5.32 Å². The van der Waals surface area contributed by atoms with Gasteiger partial charge in [-0.1, -0.05) is 13.8 Å². The number of urea groups is 1. The van der Waals surface area contributed by atoms with Crippen molar-refractivity contribution in [3.05, 3.63) is 0 Å². The monoisotopic (exact) mass is 272 g/mol. The number of nitrogens with zero attached hydrogens (tertiary/aromatic N) is 1. The van der Waals surface area contributed by atoms with Crippen LogP contribution in [0.3, 0.4) is 0 Å². The van der Waals surface area contributed by atoms with Crippen LogP contribution in [-0.4, -0.2) is 54.9 Å². The van der Waals surface area contributed by atoms with Crippen molar-refractivity contribution in [2.45, 2.75) is 39.2 Å². The highest BCUT2D eigenvalue weighted by molar-refractivity contribution is 5.78. The van der Waals surface area contributed by atoms with E-state index in [2.05, 4.69) is 5.32 Å². The fourth-order valence-corrected chi connectivity index (χ4v) is 2.34. The second-order valence-corrected chi connectivity index (χ2v) is 5.04. The molecule has 2 amide bonds. The number of rotatable bonds is 6. The van der Waals surface area contributed by atoms with E-state index >= 15 is 0 Å². The number of ether oxygens (including phenoxy) is 1. The van der Waals surface area contributed by atoms with Crippen LogP contribution in [0.4, 0.5) is 4.79 Å². The summed E-state index contributed by atoms with van der Waals surface area (Å²) in [6.45, 7) is 5.06. The first kappa shape index (κ1) is 15.8. The lowest BCUT2D eigenvalue weighted by molar-refractivity contribution is -0.149. The van der Waals surface area contributed by atoms with Gasteiger partial charge < -0.3 is 20.1 Å². The highest BCUT2D eigenvalue weighted by Crippen LogP contribution is 2.25. The summed E-state index contributed by atoms with van der Waals surface area (Å²) >= 11 is 0. The third kappa shape index (κ3) is 3.59. The van der Waals surface area contributed by atoms with Gasteiger partial charge in [0.1, 0.15) is 0 Å². The molecule has 1 saturated heterocycles. The van der Waals surface area contributed by atoms with E-state index in [-0.39, 0.29) is 18.7 Å². The van der Waals surface area contributed by atoms with Gasteiger partial charge in [0.05, 0.1) is 11.5 Å². The minimum atomic E-state index is -0.865. The topological polar surface area (TPSA) is 78.9 Å². The lowest BCUT2D eigenvalue weighted by Crippen LogP contribution is -2.47. The van der Waals surface area contributed by atoms with E-state index in [4.69, 9.17) is 4.74 Å². The summed E-state index contributed by atoms with van der Waals surface area (Å²) in [6.07, 6.45) is 1.92. The van der Waals surface area contributed by atoms with E-state index in [0.717, 1.165) is 6.42 Å². The fourth-order valence-electron chi connectivity index (χ4n) is 2.34. The molecule has 0 bridgehead atoms. The Morgan fingerprint density at radius 3 is 2.47 bits per heavy atom. The number of hydrogen-bond acceptors (Lipinski definition) is 3. The van der Waals surface area contributed by atoms with Crippen molar-refractivity contribution in [3.8, 4) is 0 Å². The molecule has 1 aliphatic rings. The molecule has 0 spiro atoms. The van der Waals surface area contributed by atoms with E-state index in [1.54, 1.807) is 12.0 Å². The molecule has 6 nitrogen and oxygen atoms in total. The van der Waals surface area contributed by atoms with Gasteiger partial charge in [0.15, 0.2) is 0 Å². The molecule has 1 atom stereocenters. The number of amides is 2. The Morgan fingerprint density at radius 2 is 2.05 bits per heavy atom. The average molecular weight is 272 g/mol. The molecule has 1 heterocycles. The highest BCUT2D eigenvalue weighted by Gasteiger charge is 2.36. The second-order valence-electron chi connectivity index (χ2n) is 5.04. The predicted octanol–water partition coefficient (Wildman–Crippen LogP) is 1.31. The zero-order valence-electron chi connectivity index (χ0n) is 11.9. The molecular formula is C13H24N2O4. The van der Waals surface area contributed by atoms with E-state index in [0.29, 0.717) is 25.9 Å². The molecule has 0 aliphatic carbocycles. The number of methoxy groups -OCH3 is 1. The van der Waals surface area contributed by atoms with Crippen molar-refractivity contribution in [1.29, 1.82) is 0 Å². The van der Waals surface area contributed by atoms with Gasteiger partial charge in [-0.05, 0) is 19.3 Å². The smallest absolute Gasteiger partial charge is 0.317 e. The molecule has 110 valence electrons. The quantitative estimate of drug-likeness (QED) is 0.764. The number of nitrogens with one attached hydrogen (secondary N) is 1. The van der Waals surface area contributed by atoms with Gasteiger partial charge >= 0.3 is 12.0 Å². The van der Waals surface area contributed by atoms with Crippen LogP contribution in [0.25, 0.3) is 0 Å². The Hall–Kier alpha value is -1.30. The first-order chi connectivity index (χ1) is 8.99. The Morgan fingerprint density at radius 1 is 1.42 bits per heavy atom. The molecule has 2 N–H and O–H groups in total. The van der Waals surface area contributed by atoms with Gasteiger partial charge in [0.2, 0.25) is 0 Å². The molecule has 1 aliphatic heterocycles. The largest absolute Gasteiger partial charge is 0.481 e. The number of carboxylic acids is 1. The minimum Gasteiger partial charge on any atom is -0.481 e. The maximum absolute atomic E-state index is 12.0. The zero-order chi connectivity index (χ0) is 14.5. The molecule has 0 aromatic carbocycles. The standard InChI is InChI=1S/C13H24N2O4/c1-4-13(5-2,11(16)17)9-14-12(18)15-7-6-10(8-15)19-3/h10H,4-9H2,1-3H3,(H,14,18)(H,16,17). The van der Waals surface area contributed by atoms with E-state index in [1.807, 2.05) is 13.8 Å². The number of carboxylic acid groups (broad SMARTS) is 1. The SMILES string of the molecule is CCC(CC)(CNC(=O)N1CCC(OC)C1)C(=O)O. The Bertz CT molecular complexity index is 329. The molecule has 19 heavy (non-hydrogen) atoms. The zero-order valence-corrected chi connectivity index (χ0v) is 11.9. The van der Waals surface area contributed by atoms with Gasteiger partial charge in [-0.3, -0.25) is 4.79 Å². The summed E-state index contributed by atoms with van der Waals surface area (Å²) < 4.78 is 5.20. The Kier molecular flexibility index (Phi) is 5.60. The number of carbonyl (C=O) groups excluding carboxylic acids is 1. The summed E-state index contributed by atoms with van der Waals surface area (Å²) in [5.74, 6) is -0.853. The first-order valence-electron chi connectivity index (χ1n) is 6.78. The van der Waals surface area contributed by atoms with E-state index in [9.17, 15) is 14.7 Å². The van der Waals surface area contributed by atoms with Crippen molar-refractivity contribution >= 4 is 12.0 Å². The number of aliphatic carboxylic acids is 1. The van der Waals surface area contributed by atoms with E-state index in [1.165, 1.54) is 0 Å². The molecule has 0 radical (unpaired) electrons. The van der Waals surface area contributed by atoms with Gasteiger partial charge in [-0.25, -0.2) is 4.79 Å². The van der Waals surface area contributed by atoms with Crippen LogP contribution in [0.1, 0.15) is 33.1 Å². The van der Waals surface area contributed by atoms with Crippen LogP contribution in [0.15, 0.2) is 0 Å². The predicted molar refractivity (Wildman–Crippen MR) is 71.0 cm³/mol. The molecule has 0 saturated carbocycles. The number of likely N-dealkylation sites (tertiary alicyclic amines) is 1. The highest BCUT2D eigenvalue weighted by atomic mass is 16.5. The van der Waals surface area contributed by atoms with Gasteiger partial charge in [-0.2, -0.15) is 0 Å². The van der Waals surface area contributed by atoms with E-state index < -0.39 is 11.4 Å².